The minimum absolute atomic E-state index is 0.0109. The molecule has 0 aliphatic rings. The number of benzene rings is 1. The molecule has 0 saturated heterocycles. The van der Waals surface area contributed by atoms with Crippen molar-refractivity contribution in [1.29, 1.82) is 0 Å². The molecule has 8 nitrogen and oxygen atoms in total. The Morgan fingerprint density at radius 2 is 1.91 bits per heavy atom. The maximum absolute atomic E-state index is 13.5. The van der Waals surface area contributed by atoms with Crippen LogP contribution in [0.2, 0.25) is 0 Å². The fourth-order valence-corrected chi connectivity index (χ4v) is 3.12. The number of ether oxygens (including phenoxy) is 2. The van der Waals surface area contributed by atoms with Gasteiger partial charge in [-0.15, -0.1) is 0 Å². The van der Waals surface area contributed by atoms with Gasteiger partial charge >= 0.3 is 15.5 Å². The van der Waals surface area contributed by atoms with Crippen LogP contribution >= 0.6 is 0 Å². The van der Waals surface area contributed by atoms with Gasteiger partial charge in [-0.1, -0.05) is 12.1 Å². The third kappa shape index (κ3) is 7.05. The van der Waals surface area contributed by atoms with Crippen LogP contribution in [0.1, 0.15) is 22.8 Å². The number of para-hydroxylation sites is 1. The number of carbonyl (C=O) groups excluding carboxylic acids is 1. The lowest BCUT2D eigenvalue weighted by Crippen LogP contribution is -2.43. The van der Waals surface area contributed by atoms with Gasteiger partial charge in [0.15, 0.2) is 11.6 Å². The number of hydrogen-bond donors (Lipinski definition) is 2. The monoisotopic (exact) mass is 479 g/mol. The van der Waals surface area contributed by atoms with Gasteiger partial charge in [-0.05, 0) is 31.5 Å². The van der Waals surface area contributed by atoms with Crippen LogP contribution in [-0.2, 0) is 10.0 Å². The number of aromatic nitrogens is 1. The number of carbonyl (C=O) groups is 1. The van der Waals surface area contributed by atoms with Crippen LogP contribution in [0.3, 0.4) is 0 Å². The highest BCUT2D eigenvalue weighted by atomic mass is 32.2. The molecule has 0 radical (unpaired) electrons. The second-order valence-electron chi connectivity index (χ2n) is 6.65. The van der Waals surface area contributed by atoms with Crippen LogP contribution in [-0.4, -0.2) is 50.6 Å². The quantitative estimate of drug-likeness (QED) is 0.401. The van der Waals surface area contributed by atoms with Crippen molar-refractivity contribution in [3.05, 3.63) is 53.5 Å². The van der Waals surface area contributed by atoms with Crippen LogP contribution in [0, 0.1) is 12.7 Å². The largest absolute Gasteiger partial charge is 0.511 e. The molecule has 1 atom stereocenters. The van der Waals surface area contributed by atoms with Crippen molar-refractivity contribution in [3.63, 3.8) is 0 Å². The Kier molecular flexibility index (Phi) is 8.38. The van der Waals surface area contributed by atoms with Gasteiger partial charge in [0.2, 0.25) is 5.88 Å². The van der Waals surface area contributed by atoms with E-state index < -0.39 is 39.9 Å². The van der Waals surface area contributed by atoms with Gasteiger partial charge in [0.25, 0.3) is 5.91 Å². The number of nitrogens with zero attached hydrogens (tertiary/aromatic N) is 1. The number of pyridine rings is 1. The number of amides is 1. The number of hydrogen-bond acceptors (Lipinski definition) is 6. The van der Waals surface area contributed by atoms with Crippen molar-refractivity contribution in [1.82, 2.24) is 15.0 Å². The van der Waals surface area contributed by atoms with Gasteiger partial charge in [0.05, 0.1) is 12.6 Å². The summed E-state index contributed by atoms with van der Waals surface area (Å²) < 4.78 is 84.8. The van der Waals surface area contributed by atoms with E-state index in [2.05, 4.69) is 10.3 Å². The number of halogens is 4. The van der Waals surface area contributed by atoms with E-state index in [4.69, 9.17) is 9.47 Å². The molecule has 2 aromatic rings. The van der Waals surface area contributed by atoms with E-state index in [-0.39, 0.29) is 30.3 Å². The van der Waals surface area contributed by atoms with E-state index in [0.717, 1.165) is 0 Å². The second-order valence-corrected chi connectivity index (χ2v) is 8.36. The zero-order valence-corrected chi connectivity index (χ0v) is 17.9. The van der Waals surface area contributed by atoms with Crippen molar-refractivity contribution >= 4 is 15.9 Å². The first-order valence-corrected chi connectivity index (χ1v) is 10.7. The minimum atomic E-state index is -5.52. The van der Waals surface area contributed by atoms with Crippen molar-refractivity contribution in [2.45, 2.75) is 25.4 Å². The first-order valence-electron chi connectivity index (χ1n) is 9.24. The van der Waals surface area contributed by atoms with Crippen molar-refractivity contribution < 1.29 is 40.2 Å². The lowest BCUT2D eigenvalue weighted by atomic mass is 10.1. The van der Waals surface area contributed by atoms with E-state index in [1.54, 1.807) is 13.0 Å². The minimum Gasteiger partial charge on any atom is -0.489 e. The molecule has 176 valence electrons. The molecule has 0 aliphatic carbocycles. The molecule has 0 unspecified atom stereocenters. The van der Waals surface area contributed by atoms with Gasteiger partial charge in [-0.2, -0.15) is 13.2 Å². The summed E-state index contributed by atoms with van der Waals surface area (Å²) in [6.07, 6.45) is 1.32. The molecular weight excluding hydrogens is 458 g/mol. The number of rotatable bonds is 10. The first kappa shape index (κ1) is 25.3. The Bertz CT molecular complexity index is 1050. The van der Waals surface area contributed by atoms with Gasteiger partial charge < -0.3 is 14.8 Å². The molecule has 1 aromatic heterocycles. The van der Waals surface area contributed by atoms with Gasteiger partial charge in [-0.3, -0.25) is 4.79 Å². The second kappa shape index (κ2) is 10.6. The molecule has 1 amide bonds. The molecule has 0 spiro atoms. The number of alkyl halides is 3. The van der Waals surface area contributed by atoms with E-state index in [1.165, 1.54) is 42.1 Å². The van der Waals surface area contributed by atoms with Crippen LogP contribution in [0.15, 0.2) is 36.5 Å². The fraction of sp³-hybridized carbons (Fsp3) is 0.368. The van der Waals surface area contributed by atoms with Crippen molar-refractivity contribution in [2.24, 2.45) is 0 Å². The van der Waals surface area contributed by atoms with E-state index >= 15 is 0 Å². The van der Waals surface area contributed by atoms with Gasteiger partial charge in [-0.25, -0.2) is 22.5 Å². The maximum atomic E-state index is 13.5. The average Bonchev–Trinajstić information content (AvgIpc) is 2.70. The standard InChI is InChI=1S/C19H21F4N3O5S/c1-12-10-25-17(31-11-13(2)26-32(28,29)19(21,22)23)9-14(12)18(27)24-7-8-30-16-6-4-3-5-15(16)20/h3-6,9-10,13,26H,7-8,11H2,1-2H3,(H,24,27)/t13-/m0/s1. The van der Waals surface area contributed by atoms with Crippen LogP contribution in [0.25, 0.3) is 0 Å². The number of sulfonamides is 1. The molecule has 1 aromatic carbocycles. The fourth-order valence-electron chi connectivity index (χ4n) is 2.39. The summed E-state index contributed by atoms with van der Waals surface area (Å²) >= 11 is 0. The highest BCUT2D eigenvalue weighted by molar-refractivity contribution is 7.90. The first-order chi connectivity index (χ1) is 14.9. The third-order valence-electron chi connectivity index (χ3n) is 3.95. The molecule has 0 bridgehead atoms. The summed E-state index contributed by atoms with van der Waals surface area (Å²) in [5.41, 5.74) is -4.76. The summed E-state index contributed by atoms with van der Waals surface area (Å²) in [6.45, 7) is 2.42. The van der Waals surface area contributed by atoms with Gasteiger partial charge in [0.1, 0.15) is 13.2 Å². The van der Waals surface area contributed by atoms with E-state index in [1.807, 2.05) is 0 Å². The molecule has 13 heteroatoms. The van der Waals surface area contributed by atoms with E-state index in [0.29, 0.717) is 5.56 Å². The molecule has 0 aliphatic heterocycles. The molecule has 2 N–H and O–H groups in total. The zero-order chi connectivity index (χ0) is 23.9. The summed E-state index contributed by atoms with van der Waals surface area (Å²) in [5.74, 6) is -1.07. The molecule has 0 fully saturated rings. The van der Waals surface area contributed by atoms with Crippen molar-refractivity contribution in [3.8, 4) is 11.6 Å². The molecule has 2 rings (SSSR count). The highest BCUT2D eigenvalue weighted by Crippen LogP contribution is 2.22. The predicted molar refractivity (Wildman–Crippen MR) is 106 cm³/mol. The average molecular weight is 479 g/mol. The Morgan fingerprint density at radius 3 is 2.56 bits per heavy atom. The Balaban J connectivity index is 1.89. The lowest BCUT2D eigenvalue weighted by Gasteiger charge is -2.16. The van der Waals surface area contributed by atoms with E-state index in [9.17, 15) is 30.8 Å². The summed E-state index contributed by atoms with van der Waals surface area (Å²) in [4.78, 5) is 16.3. The number of nitrogens with one attached hydrogen (secondary N) is 2. The Labute approximate surface area is 182 Å². The van der Waals surface area contributed by atoms with Crippen molar-refractivity contribution in [2.75, 3.05) is 19.8 Å². The Morgan fingerprint density at radius 1 is 1.22 bits per heavy atom. The van der Waals surface area contributed by atoms with Crippen LogP contribution in [0.4, 0.5) is 17.6 Å². The maximum Gasteiger partial charge on any atom is 0.511 e. The van der Waals surface area contributed by atoms with Crippen LogP contribution in [0.5, 0.6) is 11.6 Å². The molecular formula is C19H21F4N3O5S. The predicted octanol–water partition coefficient (Wildman–Crippen LogP) is 2.54. The normalized spacial score (nSPS) is 12.8. The highest BCUT2D eigenvalue weighted by Gasteiger charge is 2.46. The lowest BCUT2D eigenvalue weighted by molar-refractivity contribution is -0.0451. The number of aryl methyl sites for hydroxylation is 1. The molecule has 0 saturated carbocycles. The van der Waals surface area contributed by atoms with Gasteiger partial charge in [0, 0.05) is 17.8 Å². The molecule has 32 heavy (non-hydrogen) atoms. The topological polar surface area (TPSA) is 107 Å². The summed E-state index contributed by atoms with van der Waals surface area (Å²) in [7, 11) is -5.52. The summed E-state index contributed by atoms with van der Waals surface area (Å²) in [5, 5.41) is 2.58. The third-order valence-corrected chi connectivity index (χ3v) is 5.27. The zero-order valence-electron chi connectivity index (χ0n) is 17.1. The molecule has 1 heterocycles. The summed E-state index contributed by atoms with van der Waals surface area (Å²) in [6, 6.07) is 5.87. The smallest absolute Gasteiger partial charge is 0.489 e. The van der Waals surface area contributed by atoms with Crippen LogP contribution < -0.4 is 19.5 Å². The SMILES string of the molecule is Cc1cnc(OC[C@H](C)NS(=O)(=O)C(F)(F)F)cc1C(=O)NCCOc1ccccc1F. The Hall–Kier alpha value is -2.93.